The van der Waals surface area contributed by atoms with Crippen LogP contribution in [0, 0.1) is 0 Å². The van der Waals surface area contributed by atoms with Crippen LogP contribution in [-0.2, 0) is 49.5 Å². The second-order valence-corrected chi connectivity index (χ2v) is 7.02. The Hall–Kier alpha value is -2.98. The molecule has 1 N–H and O–H groups in total. The standard InChI is InChI=1S/C21H27NO9/c1-12(23)22-18-20(30-15(4)26)19(29-14(3)25)17(11-27-13(2)24)31-21(18)28-10-16-8-6-5-7-9-16/h5-9,17-21H,10-11H2,1-4H3,(H,22,23)/t17-,18+,19-,20-,21+/m1/s1. The number of ether oxygens (including phenoxy) is 5. The van der Waals surface area contributed by atoms with Gasteiger partial charge in [0.2, 0.25) is 5.91 Å². The summed E-state index contributed by atoms with van der Waals surface area (Å²) in [5, 5.41) is 2.65. The lowest BCUT2D eigenvalue weighted by atomic mass is 9.96. The zero-order valence-electron chi connectivity index (χ0n) is 17.9. The molecule has 31 heavy (non-hydrogen) atoms. The average Bonchev–Trinajstić information content (AvgIpc) is 2.68. The summed E-state index contributed by atoms with van der Waals surface area (Å²) in [6, 6.07) is 8.25. The topological polar surface area (TPSA) is 126 Å². The second-order valence-electron chi connectivity index (χ2n) is 7.02. The molecule has 1 heterocycles. The van der Waals surface area contributed by atoms with Gasteiger partial charge < -0.3 is 29.0 Å². The van der Waals surface area contributed by atoms with Crippen molar-refractivity contribution in [2.45, 2.75) is 64.9 Å². The molecule has 0 saturated carbocycles. The third kappa shape index (κ3) is 7.65. The van der Waals surface area contributed by atoms with Crippen LogP contribution in [0.5, 0.6) is 0 Å². The molecular formula is C21H27NO9. The van der Waals surface area contributed by atoms with Crippen molar-refractivity contribution in [3.63, 3.8) is 0 Å². The van der Waals surface area contributed by atoms with Crippen LogP contribution in [0.4, 0.5) is 0 Å². The van der Waals surface area contributed by atoms with Crippen molar-refractivity contribution in [1.29, 1.82) is 0 Å². The molecule has 0 aliphatic carbocycles. The number of carbonyl (C=O) groups excluding carboxylic acids is 4. The summed E-state index contributed by atoms with van der Waals surface area (Å²) in [5.74, 6) is -2.32. The zero-order valence-corrected chi connectivity index (χ0v) is 17.9. The van der Waals surface area contributed by atoms with E-state index in [-0.39, 0.29) is 13.2 Å². The van der Waals surface area contributed by atoms with E-state index in [2.05, 4.69) is 5.32 Å². The Balaban J connectivity index is 2.35. The maximum atomic E-state index is 11.8. The first-order chi connectivity index (χ1) is 14.7. The first-order valence-electron chi connectivity index (χ1n) is 9.73. The van der Waals surface area contributed by atoms with Gasteiger partial charge in [-0.2, -0.15) is 0 Å². The predicted octanol–water partition coefficient (Wildman–Crippen LogP) is 0.859. The molecule has 170 valence electrons. The van der Waals surface area contributed by atoms with Crippen LogP contribution in [0.2, 0.25) is 0 Å². The second kappa shape index (κ2) is 11.4. The number of benzene rings is 1. The number of carbonyl (C=O) groups is 4. The van der Waals surface area contributed by atoms with Gasteiger partial charge in [0.1, 0.15) is 18.8 Å². The molecule has 1 aromatic rings. The van der Waals surface area contributed by atoms with Gasteiger partial charge in [-0.3, -0.25) is 19.2 Å². The molecule has 5 atom stereocenters. The highest BCUT2D eigenvalue weighted by Gasteiger charge is 2.51. The zero-order chi connectivity index (χ0) is 23.0. The SMILES string of the molecule is CC(=O)N[C@@H]1[C@@H](OCc2ccccc2)O[C@H](COC(C)=O)[C@@H](OC(C)=O)[C@@H]1OC(C)=O. The molecule has 0 bridgehead atoms. The van der Waals surface area contributed by atoms with Crippen molar-refractivity contribution in [2.24, 2.45) is 0 Å². The summed E-state index contributed by atoms with van der Waals surface area (Å²) in [6.45, 7) is 4.72. The molecule has 2 rings (SSSR count). The summed E-state index contributed by atoms with van der Waals surface area (Å²) in [6.07, 6.45) is -4.36. The number of hydrogen-bond donors (Lipinski definition) is 1. The van der Waals surface area contributed by atoms with Gasteiger partial charge in [0.05, 0.1) is 6.61 Å². The van der Waals surface area contributed by atoms with E-state index in [1.54, 1.807) is 0 Å². The van der Waals surface area contributed by atoms with E-state index in [1.807, 2.05) is 30.3 Å². The van der Waals surface area contributed by atoms with Gasteiger partial charge in [-0.25, -0.2) is 0 Å². The van der Waals surface area contributed by atoms with Gasteiger partial charge in [0.15, 0.2) is 18.5 Å². The lowest BCUT2D eigenvalue weighted by molar-refractivity contribution is -0.280. The molecule has 1 amide bonds. The van der Waals surface area contributed by atoms with Crippen LogP contribution >= 0.6 is 0 Å². The van der Waals surface area contributed by atoms with Crippen LogP contribution < -0.4 is 5.32 Å². The van der Waals surface area contributed by atoms with Gasteiger partial charge in [-0.15, -0.1) is 0 Å². The summed E-state index contributed by atoms with van der Waals surface area (Å²) in [5.41, 5.74) is 0.843. The van der Waals surface area contributed by atoms with E-state index in [0.29, 0.717) is 0 Å². The van der Waals surface area contributed by atoms with E-state index in [4.69, 9.17) is 23.7 Å². The molecule has 0 spiro atoms. The molecule has 0 aromatic heterocycles. The molecule has 1 aromatic carbocycles. The molecule has 0 radical (unpaired) electrons. The number of esters is 3. The van der Waals surface area contributed by atoms with E-state index < -0.39 is 54.5 Å². The predicted molar refractivity (Wildman–Crippen MR) is 105 cm³/mol. The van der Waals surface area contributed by atoms with Crippen molar-refractivity contribution in [3.05, 3.63) is 35.9 Å². The minimum Gasteiger partial charge on any atom is -0.463 e. The first-order valence-corrected chi connectivity index (χ1v) is 9.73. The van der Waals surface area contributed by atoms with Crippen LogP contribution in [-0.4, -0.2) is 61.1 Å². The Morgan fingerprint density at radius 2 is 1.52 bits per heavy atom. The Morgan fingerprint density at radius 1 is 0.903 bits per heavy atom. The van der Waals surface area contributed by atoms with Crippen molar-refractivity contribution in [1.82, 2.24) is 5.32 Å². The lowest BCUT2D eigenvalue weighted by Gasteiger charge is -2.44. The Bertz CT molecular complexity index is 782. The largest absolute Gasteiger partial charge is 0.463 e. The third-order valence-corrected chi connectivity index (χ3v) is 4.33. The summed E-state index contributed by atoms with van der Waals surface area (Å²) in [7, 11) is 0. The summed E-state index contributed by atoms with van der Waals surface area (Å²) >= 11 is 0. The van der Waals surface area contributed by atoms with Gasteiger partial charge in [-0.1, -0.05) is 30.3 Å². The number of rotatable bonds is 8. The normalized spacial score (nSPS) is 25.2. The van der Waals surface area contributed by atoms with Crippen molar-refractivity contribution in [2.75, 3.05) is 6.61 Å². The van der Waals surface area contributed by atoms with Crippen LogP contribution in [0.15, 0.2) is 30.3 Å². The smallest absolute Gasteiger partial charge is 0.303 e. The fourth-order valence-electron chi connectivity index (χ4n) is 3.19. The van der Waals surface area contributed by atoms with Gasteiger partial charge >= 0.3 is 17.9 Å². The van der Waals surface area contributed by atoms with E-state index in [9.17, 15) is 19.2 Å². The highest BCUT2D eigenvalue weighted by molar-refractivity contribution is 5.73. The van der Waals surface area contributed by atoms with Gasteiger partial charge in [-0.05, 0) is 5.56 Å². The minimum atomic E-state index is -1.14. The van der Waals surface area contributed by atoms with Crippen molar-refractivity contribution >= 4 is 23.8 Å². The van der Waals surface area contributed by atoms with Crippen LogP contribution in [0.1, 0.15) is 33.3 Å². The lowest BCUT2D eigenvalue weighted by Crippen LogP contribution is -2.66. The molecule has 1 saturated heterocycles. The number of nitrogens with one attached hydrogen (secondary N) is 1. The van der Waals surface area contributed by atoms with Crippen molar-refractivity contribution in [3.8, 4) is 0 Å². The Morgan fingerprint density at radius 3 is 2.06 bits per heavy atom. The molecule has 1 aliphatic heterocycles. The van der Waals surface area contributed by atoms with E-state index in [0.717, 1.165) is 5.56 Å². The number of hydrogen-bond acceptors (Lipinski definition) is 9. The summed E-state index contributed by atoms with van der Waals surface area (Å²) < 4.78 is 27.6. The van der Waals surface area contributed by atoms with Crippen molar-refractivity contribution < 1.29 is 42.9 Å². The van der Waals surface area contributed by atoms with Crippen LogP contribution in [0.25, 0.3) is 0 Å². The highest BCUT2D eigenvalue weighted by atomic mass is 16.7. The maximum absolute atomic E-state index is 11.8. The Labute approximate surface area is 180 Å². The van der Waals surface area contributed by atoms with Gasteiger partial charge in [0.25, 0.3) is 0 Å². The maximum Gasteiger partial charge on any atom is 0.303 e. The number of amides is 1. The molecule has 1 fully saturated rings. The third-order valence-electron chi connectivity index (χ3n) is 4.33. The monoisotopic (exact) mass is 437 g/mol. The first kappa shape index (κ1) is 24.3. The highest BCUT2D eigenvalue weighted by Crippen LogP contribution is 2.28. The quantitative estimate of drug-likeness (QED) is 0.465. The van der Waals surface area contributed by atoms with E-state index >= 15 is 0 Å². The minimum absolute atomic E-state index is 0.132. The van der Waals surface area contributed by atoms with E-state index in [1.165, 1.54) is 27.7 Å². The van der Waals surface area contributed by atoms with Crippen LogP contribution in [0.3, 0.4) is 0 Å². The summed E-state index contributed by atoms with van der Waals surface area (Å²) in [4.78, 5) is 46.7. The fraction of sp³-hybridized carbons (Fsp3) is 0.524. The van der Waals surface area contributed by atoms with Gasteiger partial charge in [0, 0.05) is 27.7 Å². The molecule has 10 heteroatoms. The molecule has 0 unspecified atom stereocenters. The fourth-order valence-corrected chi connectivity index (χ4v) is 3.19. The average molecular weight is 437 g/mol. The Kier molecular flexibility index (Phi) is 8.95. The molecule has 1 aliphatic rings. The molecular weight excluding hydrogens is 410 g/mol. The molecule has 10 nitrogen and oxygen atoms in total.